The van der Waals surface area contributed by atoms with Crippen LogP contribution in [0.5, 0.6) is 0 Å². The van der Waals surface area contributed by atoms with Crippen LogP contribution in [0.2, 0.25) is 0 Å². The van der Waals surface area contributed by atoms with Gasteiger partial charge in [-0.1, -0.05) is 0 Å². The van der Waals surface area contributed by atoms with Crippen molar-refractivity contribution in [2.24, 2.45) is 0 Å². The molecule has 2 rings (SSSR count). The summed E-state index contributed by atoms with van der Waals surface area (Å²) in [5.41, 5.74) is 0. The summed E-state index contributed by atoms with van der Waals surface area (Å²) in [6.45, 7) is 6.58. The van der Waals surface area contributed by atoms with Gasteiger partial charge in [0.1, 0.15) is 0 Å². The van der Waals surface area contributed by atoms with Gasteiger partial charge < -0.3 is 20.1 Å². The fourth-order valence-corrected chi connectivity index (χ4v) is 1.99. The Balaban J connectivity index is 1.88. The van der Waals surface area contributed by atoms with E-state index in [-0.39, 0.29) is 12.2 Å². The highest BCUT2D eigenvalue weighted by molar-refractivity contribution is 4.88. The predicted molar refractivity (Wildman–Crippen MR) is 49.8 cm³/mol. The van der Waals surface area contributed by atoms with E-state index < -0.39 is 0 Å². The minimum absolute atomic E-state index is 0.263. The van der Waals surface area contributed by atoms with Crippen LogP contribution in [0, 0.1) is 0 Å². The van der Waals surface area contributed by atoms with E-state index in [1.54, 1.807) is 0 Å². The molecule has 0 saturated carbocycles. The van der Waals surface area contributed by atoms with Crippen molar-refractivity contribution in [3.63, 3.8) is 0 Å². The molecular weight excluding hydrogens is 168 g/mol. The second-order valence-corrected chi connectivity index (χ2v) is 3.67. The lowest BCUT2D eigenvalue weighted by Crippen LogP contribution is -2.58. The molecule has 0 aromatic heterocycles. The monoisotopic (exact) mass is 186 g/mol. The maximum absolute atomic E-state index is 5.68. The Morgan fingerprint density at radius 2 is 2.00 bits per heavy atom. The molecule has 2 fully saturated rings. The zero-order valence-corrected chi connectivity index (χ0v) is 8.08. The van der Waals surface area contributed by atoms with E-state index in [1.165, 1.54) is 0 Å². The van der Waals surface area contributed by atoms with Crippen LogP contribution in [0.15, 0.2) is 0 Å². The van der Waals surface area contributed by atoms with Crippen LogP contribution in [0.3, 0.4) is 0 Å². The van der Waals surface area contributed by atoms with Gasteiger partial charge in [0.2, 0.25) is 0 Å². The van der Waals surface area contributed by atoms with Gasteiger partial charge in [0, 0.05) is 19.6 Å². The fraction of sp³-hybridized carbons (Fsp3) is 1.00. The Bertz CT molecular complexity index is 160. The minimum Gasteiger partial charge on any atom is -0.375 e. The van der Waals surface area contributed by atoms with Crippen LogP contribution in [0.1, 0.15) is 6.92 Å². The summed E-state index contributed by atoms with van der Waals surface area (Å²) < 4.78 is 11.3. The highest BCUT2D eigenvalue weighted by Gasteiger charge is 2.31. The Kier molecular flexibility index (Phi) is 3.16. The van der Waals surface area contributed by atoms with E-state index in [0.29, 0.717) is 6.04 Å². The predicted octanol–water partition coefficient (Wildman–Crippen LogP) is -0.648. The first kappa shape index (κ1) is 9.40. The second kappa shape index (κ2) is 4.37. The molecule has 76 valence electrons. The summed E-state index contributed by atoms with van der Waals surface area (Å²) in [5.74, 6) is 0. The maximum atomic E-state index is 5.68. The Morgan fingerprint density at radius 3 is 2.69 bits per heavy atom. The van der Waals surface area contributed by atoms with E-state index in [2.05, 4.69) is 17.6 Å². The molecule has 2 saturated heterocycles. The van der Waals surface area contributed by atoms with Gasteiger partial charge in [-0.3, -0.25) is 0 Å². The fourth-order valence-electron chi connectivity index (χ4n) is 1.99. The number of ether oxygens (including phenoxy) is 2. The first-order chi connectivity index (χ1) is 6.38. The lowest BCUT2D eigenvalue weighted by molar-refractivity contribution is -0.0694. The third-order valence-corrected chi connectivity index (χ3v) is 2.73. The molecule has 2 heterocycles. The lowest BCUT2D eigenvalue weighted by atomic mass is 10.0. The van der Waals surface area contributed by atoms with E-state index >= 15 is 0 Å². The third kappa shape index (κ3) is 2.20. The molecule has 0 aromatic rings. The molecule has 0 amide bonds. The zero-order chi connectivity index (χ0) is 9.10. The van der Waals surface area contributed by atoms with Crippen LogP contribution < -0.4 is 10.6 Å². The van der Waals surface area contributed by atoms with E-state index in [9.17, 15) is 0 Å². The molecular formula is C9H18N2O2. The van der Waals surface area contributed by atoms with Crippen molar-refractivity contribution < 1.29 is 9.47 Å². The second-order valence-electron chi connectivity index (χ2n) is 3.67. The van der Waals surface area contributed by atoms with Gasteiger partial charge in [0.25, 0.3) is 0 Å². The van der Waals surface area contributed by atoms with Crippen molar-refractivity contribution in [2.45, 2.75) is 25.2 Å². The van der Waals surface area contributed by atoms with Gasteiger partial charge >= 0.3 is 0 Å². The normalized spacial score (nSPS) is 41.8. The summed E-state index contributed by atoms with van der Waals surface area (Å²) >= 11 is 0. The SMILES string of the molecule is CC1OCCNC1C1CNCCO1. The first-order valence-corrected chi connectivity index (χ1v) is 5.05. The van der Waals surface area contributed by atoms with Gasteiger partial charge in [-0.15, -0.1) is 0 Å². The van der Waals surface area contributed by atoms with Gasteiger partial charge in [0.15, 0.2) is 0 Å². The van der Waals surface area contributed by atoms with Crippen LogP contribution in [0.4, 0.5) is 0 Å². The number of hydrogen-bond acceptors (Lipinski definition) is 4. The summed E-state index contributed by atoms with van der Waals surface area (Å²) in [5, 5.41) is 6.78. The Labute approximate surface area is 79.0 Å². The minimum atomic E-state index is 0.263. The molecule has 0 bridgehead atoms. The Hall–Kier alpha value is -0.160. The summed E-state index contributed by atoms with van der Waals surface area (Å²) in [6.07, 6.45) is 0.530. The van der Waals surface area contributed by atoms with Crippen LogP contribution in [-0.2, 0) is 9.47 Å². The maximum Gasteiger partial charge on any atom is 0.0878 e. The molecule has 4 nitrogen and oxygen atoms in total. The average Bonchev–Trinajstić information content (AvgIpc) is 2.20. The highest BCUT2D eigenvalue weighted by atomic mass is 16.5. The van der Waals surface area contributed by atoms with Crippen molar-refractivity contribution in [3.05, 3.63) is 0 Å². The summed E-state index contributed by atoms with van der Waals surface area (Å²) in [7, 11) is 0. The molecule has 2 aliphatic rings. The largest absolute Gasteiger partial charge is 0.375 e. The molecule has 13 heavy (non-hydrogen) atoms. The van der Waals surface area contributed by atoms with Gasteiger partial charge in [-0.2, -0.15) is 0 Å². The van der Waals surface area contributed by atoms with E-state index in [0.717, 1.165) is 32.8 Å². The molecule has 0 spiro atoms. The van der Waals surface area contributed by atoms with Crippen molar-refractivity contribution in [1.82, 2.24) is 10.6 Å². The number of hydrogen-bond donors (Lipinski definition) is 2. The molecule has 2 aliphatic heterocycles. The van der Waals surface area contributed by atoms with Gasteiger partial charge in [0.05, 0.1) is 31.5 Å². The number of nitrogens with one attached hydrogen (secondary N) is 2. The molecule has 0 radical (unpaired) electrons. The smallest absolute Gasteiger partial charge is 0.0878 e. The number of morpholine rings is 2. The van der Waals surface area contributed by atoms with Crippen molar-refractivity contribution >= 4 is 0 Å². The molecule has 3 atom stereocenters. The van der Waals surface area contributed by atoms with E-state index in [1.807, 2.05) is 0 Å². The quantitative estimate of drug-likeness (QED) is 0.571. The third-order valence-electron chi connectivity index (χ3n) is 2.73. The topological polar surface area (TPSA) is 42.5 Å². The molecule has 4 heteroatoms. The summed E-state index contributed by atoms with van der Waals surface area (Å²) in [6, 6.07) is 0.349. The molecule has 3 unspecified atom stereocenters. The molecule has 0 aromatic carbocycles. The lowest BCUT2D eigenvalue weighted by Gasteiger charge is -2.37. The average molecular weight is 186 g/mol. The van der Waals surface area contributed by atoms with Crippen molar-refractivity contribution in [3.8, 4) is 0 Å². The zero-order valence-electron chi connectivity index (χ0n) is 8.08. The van der Waals surface area contributed by atoms with E-state index in [4.69, 9.17) is 9.47 Å². The first-order valence-electron chi connectivity index (χ1n) is 5.05. The van der Waals surface area contributed by atoms with Crippen LogP contribution in [-0.4, -0.2) is 51.1 Å². The van der Waals surface area contributed by atoms with Gasteiger partial charge in [-0.25, -0.2) is 0 Å². The standard InChI is InChI=1S/C9H18N2O2/c1-7-9(11-3-5-12-7)8-6-10-2-4-13-8/h7-11H,2-6H2,1H3. The van der Waals surface area contributed by atoms with Gasteiger partial charge in [-0.05, 0) is 6.92 Å². The van der Waals surface area contributed by atoms with Crippen molar-refractivity contribution in [2.75, 3.05) is 32.8 Å². The molecule has 0 aliphatic carbocycles. The van der Waals surface area contributed by atoms with Crippen molar-refractivity contribution in [1.29, 1.82) is 0 Å². The Morgan fingerprint density at radius 1 is 1.15 bits per heavy atom. The summed E-state index contributed by atoms with van der Waals surface area (Å²) in [4.78, 5) is 0. The van der Waals surface area contributed by atoms with Crippen LogP contribution in [0.25, 0.3) is 0 Å². The van der Waals surface area contributed by atoms with Crippen LogP contribution >= 0.6 is 0 Å². The number of rotatable bonds is 1. The molecule has 2 N–H and O–H groups in total. The highest BCUT2D eigenvalue weighted by Crippen LogP contribution is 2.12.